The molecule has 1 unspecified atom stereocenters. The average molecular weight is 501 g/mol. The Morgan fingerprint density at radius 1 is 1.23 bits per heavy atom. The van der Waals surface area contributed by atoms with Crippen molar-refractivity contribution in [3.8, 4) is 5.75 Å². The number of halogens is 1. The highest BCUT2D eigenvalue weighted by atomic mass is 35.5. The van der Waals surface area contributed by atoms with Crippen LogP contribution in [0.5, 0.6) is 5.75 Å². The van der Waals surface area contributed by atoms with Gasteiger partial charge in [0.05, 0.1) is 12.1 Å². The van der Waals surface area contributed by atoms with E-state index in [9.17, 15) is 4.79 Å². The van der Waals surface area contributed by atoms with Crippen molar-refractivity contribution in [3.05, 3.63) is 58.8 Å². The zero-order valence-electron chi connectivity index (χ0n) is 20.0. The van der Waals surface area contributed by atoms with Gasteiger partial charge in [0.15, 0.2) is 6.29 Å². The average Bonchev–Trinajstić information content (AvgIpc) is 2.90. The van der Waals surface area contributed by atoms with Crippen LogP contribution in [0.25, 0.3) is 6.08 Å². The quantitative estimate of drug-likeness (QED) is 0.389. The van der Waals surface area contributed by atoms with E-state index in [1.54, 1.807) is 25.4 Å². The SMILES string of the molecule is COc1ccc(CN2CCC(Nc3ncc(C=CC(=O)NOC4CCCCO4)cc3Cl)CC2)cc1. The molecule has 2 saturated heterocycles. The van der Waals surface area contributed by atoms with Crippen molar-refractivity contribution in [2.24, 2.45) is 0 Å². The molecule has 1 aromatic carbocycles. The molecule has 2 fully saturated rings. The summed E-state index contributed by atoms with van der Waals surface area (Å²) in [5.41, 5.74) is 4.42. The van der Waals surface area contributed by atoms with Crippen LogP contribution in [0.4, 0.5) is 5.82 Å². The van der Waals surface area contributed by atoms with Gasteiger partial charge >= 0.3 is 0 Å². The van der Waals surface area contributed by atoms with E-state index in [1.165, 1.54) is 11.6 Å². The van der Waals surface area contributed by atoms with Crippen LogP contribution in [0.2, 0.25) is 5.02 Å². The third-order valence-electron chi connectivity index (χ3n) is 6.21. The fourth-order valence-corrected chi connectivity index (χ4v) is 4.43. The maximum atomic E-state index is 12.0. The van der Waals surface area contributed by atoms with Crippen LogP contribution >= 0.6 is 11.6 Å². The summed E-state index contributed by atoms with van der Waals surface area (Å²) in [6, 6.07) is 10.4. The highest BCUT2D eigenvalue weighted by molar-refractivity contribution is 6.33. The number of nitrogens with zero attached hydrogens (tertiary/aromatic N) is 2. The van der Waals surface area contributed by atoms with Gasteiger partial charge in [0.1, 0.15) is 11.6 Å². The molecule has 2 aliphatic rings. The van der Waals surface area contributed by atoms with Crippen LogP contribution in [-0.4, -0.2) is 54.9 Å². The first-order chi connectivity index (χ1) is 17.1. The fourth-order valence-electron chi connectivity index (χ4n) is 4.20. The van der Waals surface area contributed by atoms with Crippen molar-refractivity contribution in [1.29, 1.82) is 0 Å². The molecular weight excluding hydrogens is 468 g/mol. The monoisotopic (exact) mass is 500 g/mol. The molecular formula is C26H33ClN4O4. The lowest BCUT2D eigenvalue weighted by Gasteiger charge is -2.32. The zero-order valence-corrected chi connectivity index (χ0v) is 20.8. The van der Waals surface area contributed by atoms with Gasteiger partial charge in [-0.2, -0.15) is 0 Å². The minimum absolute atomic E-state index is 0.318. The normalized spacial score (nSPS) is 19.5. The van der Waals surface area contributed by atoms with Crippen molar-refractivity contribution in [3.63, 3.8) is 0 Å². The Bertz CT molecular complexity index is 987. The number of carbonyl (C=O) groups is 1. The fraction of sp³-hybridized carbons (Fsp3) is 0.462. The van der Waals surface area contributed by atoms with E-state index in [-0.39, 0.29) is 12.2 Å². The molecule has 0 spiro atoms. The van der Waals surface area contributed by atoms with Gasteiger partial charge in [-0.25, -0.2) is 15.3 Å². The minimum atomic E-state index is -0.378. The summed E-state index contributed by atoms with van der Waals surface area (Å²) in [7, 11) is 1.68. The molecule has 0 bridgehead atoms. The van der Waals surface area contributed by atoms with E-state index in [0.29, 0.717) is 23.5 Å². The largest absolute Gasteiger partial charge is 0.497 e. The van der Waals surface area contributed by atoms with Gasteiger partial charge in [-0.05, 0) is 61.1 Å². The van der Waals surface area contributed by atoms with E-state index in [4.69, 9.17) is 25.9 Å². The first-order valence-electron chi connectivity index (χ1n) is 12.1. The molecule has 0 radical (unpaired) electrons. The molecule has 35 heavy (non-hydrogen) atoms. The van der Waals surface area contributed by atoms with E-state index >= 15 is 0 Å². The summed E-state index contributed by atoms with van der Waals surface area (Å²) < 4.78 is 10.7. The van der Waals surface area contributed by atoms with Crippen LogP contribution in [0.3, 0.4) is 0 Å². The topological polar surface area (TPSA) is 85.0 Å². The number of pyridine rings is 1. The van der Waals surface area contributed by atoms with Gasteiger partial charge in [0.25, 0.3) is 5.91 Å². The van der Waals surface area contributed by atoms with Gasteiger partial charge in [-0.1, -0.05) is 23.7 Å². The number of nitrogens with one attached hydrogen (secondary N) is 2. The Hall–Kier alpha value is -2.65. The molecule has 1 aromatic heterocycles. The Labute approximate surface area is 211 Å². The van der Waals surface area contributed by atoms with Crippen molar-refractivity contribution >= 4 is 29.4 Å². The molecule has 2 N–H and O–H groups in total. The number of likely N-dealkylation sites (tertiary alicyclic amines) is 1. The van der Waals surface area contributed by atoms with Gasteiger partial charge in [0.2, 0.25) is 0 Å². The number of hydrogen-bond donors (Lipinski definition) is 2. The molecule has 8 nitrogen and oxygen atoms in total. The van der Waals surface area contributed by atoms with Crippen molar-refractivity contribution in [2.75, 3.05) is 32.1 Å². The van der Waals surface area contributed by atoms with Crippen LogP contribution in [-0.2, 0) is 20.9 Å². The number of hydrogen-bond acceptors (Lipinski definition) is 7. The summed E-state index contributed by atoms with van der Waals surface area (Å²) in [6.45, 7) is 3.60. The highest BCUT2D eigenvalue weighted by Gasteiger charge is 2.20. The molecule has 0 saturated carbocycles. The lowest BCUT2D eigenvalue weighted by molar-refractivity contribution is -0.198. The number of piperidine rings is 1. The second-order valence-electron chi connectivity index (χ2n) is 8.86. The van der Waals surface area contributed by atoms with E-state index < -0.39 is 0 Å². The zero-order chi connectivity index (χ0) is 24.5. The number of aromatic nitrogens is 1. The van der Waals surface area contributed by atoms with E-state index in [2.05, 4.69) is 32.8 Å². The Kier molecular flexibility index (Phi) is 9.36. The molecule has 2 aliphatic heterocycles. The van der Waals surface area contributed by atoms with Crippen LogP contribution in [0.15, 0.2) is 42.6 Å². The first kappa shape index (κ1) is 25.4. The summed E-state index contributed by atoms with van der Waals surface area (Å²) >= 11 is 6.47. The molecule has 188 valence electrons. The number of methoxy groups -OCH3 is 1. The van der Waals surface area contributed by atoms with Crippen LogP contribution in [0, 0.1) is 0 Å². The first-order valence-corrected chi connectivity index (χ1v) is 12.5. The molecule has 1 atom stereocenters. The molecule has 9 heteroatoms. The number of hydroxylamine groups is 1. The molecule has 4 rings (SSSR count). The number of rotatable bonds is 9. The second-order valence-corrected chi connectivity index (χ2v) is 9.26. The third kappa shape index (κ3) is 7.93. The third-order valence-corrected chi connectivity index (χ3v) is 6.50. The summed E-state index contributed by atoms with van der Waals surface area (Å²) in [5.74, 6) is 1.18. The maximum Gasteiger partial charge on any atom is 0.267 e. The van der Waals surface area contributed by atoms with Crippen molar-refractivity contribution in [2.45, 2.75) is 51.0 Å². The lowest BCUT2D eigenvalue weighted by atomic mass is 10.0. The Morgan fingerprint density at radius 3 is 2.71 bits per heavy atom. The number of amides is 1. The van der Waals surface area contributed by atoms with Crippen LogP contribution in [0.1, 0.15) is 43.2 Å². The molecule has 3 heterocycles. The number of anilines is 1. The standard InChI is InChI=1S/C26H33ClN4O4/c1-33-22-8-5-19(6-9-22)18-31-13-11-21(12-14-31)29-26-23(27)16-20(17-28-26)7-10-24(32)30-35-25-4-2-3-15-34-25/h5-10,16-17,21,25H,2-4,11-15,18H2,1H3,(H,28,29)(H,30,32). The molecule has 0 aliphatic carbocycles. The molecule has 1 amide bonds. The van der Waals surface area contributed by atoms with Gasteiger partial charge in [-0.3, -0.25) is 9.69 Å². The van der Waals surface area contributed by atoms with Gasteiger partial charge in [-0.15, -0.1) is 0 Å². The predicted octanol–water partition coefficient (Wildman–Crippen LogP) is 4.41. The summed E-state index contributed by atoms with van der Waals surface area (Å²) in [4.78, 5) is 24.2. The number of carbonyl (C=O) groups excluding carboxylic acids is 1. The van der Waals surface area contributed by atoms with Gasteiger partial charge < -0.3 is 14.8 Å². The number of benzene rings is 1. The summed E-state index contributed by atoms with van der Waals surface area (Å²) in [6.07, 6.45) is 9.22. The second kappa shape index (κ2) is 12.9. The van der Waals surface area contributed by atoms with Crippen LogP contribution < -0.4 is 15.5 Å². The van der Waals surface area contributed by atoms with E-state index in [0.717, 1.165) is 63.1 Å². The van der Waals surface area contributed by atoms with Gasteiger partial charge in [0, 0.05) is 51.0 Å². The smallest absolute Gasteiger partial charge is 0.267 e. The lowest BCUT2D eigenvalue weighted by Crippen LogP contribution is -2.38. The minimum Gasteiger partial charge on any atom is -0.497 e. The number of ether oxygens (including phenoxy) is 2. The highest BCUT2D eigenvalue weighted by Crippen LogP contribution is 2.24. The Balaban J connectivity index is 1.20. The maximum absolute atomic E-state index is 12.0. The van der Waals surface area contributed by atoms with E-state index in [1.807, 2.05) is 12.1 Å². The predicted molar refractivity (Wildman–Crippen MR) is 136 cm³/mol. The van der Waals surface area contributed by atoms with Crippen molar-refractivity contribution < 1.29 is 19.1 Å². The summed E-state index contributed by atoms with van der Waals surface area (Å²) in [5, 5.41) is 4.00. The molecule has 2 aromatic rings. The van der Waals surface area contributed by atoms with Crippen molar-refractivity contribution in [1.82, 2.24) is 15.4 Å². The Morgan fingerprint density at radius 2 is 2.03 bits per heavy atom.